The van der Waals surface area contributed by atoms with Crippen LogP contribution in [0.25, 0.3) is 0 Å². The van der Waals surface area contributed by atoms with Crippen molar-refractivity contribution < 1.29 is 4.79 Å². The van der Waals surface area contributed by atoms with Crippen molar-refractivity contribution >= 4 is 5.91 Å². The summed E-state index contributed by atoms with van der Waals surface area (Å²) in [5.74, 6) is 0.0994. The summed E-state index contributed by atoms with van der Waals surface area (Å²) in [5.41, 5.74) is 0. The van der Waals surface area contributed by atoms with E-state index in [2.05, 4.69) is 22.8 Å². The highest BCUT2D eigenvalue weighted by atomic mass is 16.1. The van der Waals surface area contributed by atoms with Gasteiger partial charge in [-0.2, -0.15) is 0 Å². The molecule has 0 spiro atoms. The third-order valence-corrected chi connectivity index (χ3v) is 2.04. The Morgan fingerprint density at radius 1 is 1.46 bits per heavy atom. The number of amides is 1. The average Bonchev–Trinajstić information content (AvgIpc) is 2.53. The molecule has 0 heterocycles. The highest BCUT2D eigenvalue weighted by Crippen LogP contribution is 2.08. The van der Waals surface area contributed by atoms with E-state index < -0.39 is 0 Å². The molecule has 1 aliphatic rings. The lowest BCUT2D eigenvalue weighted by atomic mass is 10.2. The Bertz CT molecular complexity index is 191. The monoisotopic (exact) mass is 182 g/mol. The summed E-state index contributed by atoms with van der Waals surface area (Å²) in [6, 6.07) is 0.703. The fraction of sp³-hybridized carbons (Fsp3) is 0.700. The van der Waals surface area contributed by atoms with E-state index >= 15 is 0 Å². The second-order valence-corrected chi connectivity index (χ2v) is 3.74. The zero-order chi connectivity index (χ0) is 9.68. The molecular formula is C10H18N2O. The Labute approximate surface area is 79.6 Å². The molecular weight excluding hydrogens is 164 g/mol. The lowest BCUT2D eigenvalue weighted by Crippen LogP contribution is -2.41. The van der Waals surface area contributed by atoms with Gasteiger partial charge in [-0.25, -0.2) is 0 Å². The third kappa shape index (κ3) is 4.08. The summed E-state index contributed by atoms with van der Waals surface area (Å²) in [7, 11) is 0. The second-order valence-electron chi connectivity index (χ2n) is 3.74. The molecule has 3 nitrogen and oxygen atoms in total. The van der Waals surface area contributed by atoms with Crippen molar-refractivity contribution in [2.75, 3.05) is 6.54 Å². The molecule has 74 valence electrons. The minimum absolute atomic E-state index is 0.0994. The van der Waals surface area contributed by atoms with E-state index in [9.17, 15) is 4.79 Å². The molecule has 0 aromatic heterocycles. The van der Waals surface area contributed by atoms with E-state index in [0.29, 0.717) is 18.6 Å². The zero-order valence-corrected chi connectivity index (χ0v) is 8.34. The molecule has 13 heavy (non-hydrogen) atoms. The fourth-order valence-electron chi connectivity index (χ4n) is 1.31. The van der Waals surface area contributed by atoms with Crippen LogP contribution in [0.2, 0.25) is 0 Å². The van der Waals surface area contributed by atoms with Crippen LogP contribution in [0.5, 0.6) is 0 Å². The van der Waals surface area contributed by atoms with Gasteiger partial charge in [0.2, 0.25) is 5.91 Å². The van der Waals surface area contributed by atoms with Crippen molar-refractivity contribution in [3.63, 3.8) is 0 Å². The van der Waals surface area contributed by atoms with Crippen molar-refractivity contribution in [2.45, 2.75) is 38.8 Å². The molecule has 2 N–H and O–H groups in total. The maximum absolute atomic E-state index is 11.3. The largest absolute Gasteiger partial charge is 0.352 e. The predicted octanol–water partition coefficient (Wildman–Crippen LogP) is 0.819. The molecule has 0 atom stereocenters. The van der Waals surface area contributed by atoms with Crippen LogP contribution in [0, 0.1) is 0 Å². The molecule has 0 bridgehead atoms. The molecule has 0 unspecified atom stereocenters. The minimum atomic E-state index is 0.0994. The van der Waals surface area contributed by atoms with Crippen LogP contribution < -0.4 is 10.6 Å². The zero-order valence-electron chi connectivity index (χ0n) is 8.34. The fourth-order valence-corrected chi connectivity index (χ4v) is 1.31. The molecule has 0 aromatic rings. The number of hydrogen-bond acceptors (Lipinski definition) is 2. The van der Waals surface area contributed by atoms with E-state index in [-0.39, 0.29) is 5.91 Å². The molecule has 0 aliphatic heterocycles. The van der Waals surface area contributed by atoms with Crippen molar-refractivity contribution in [2.24, 2.45) is 0 Å². The Balaban J connectivity index is 2.10. The molecule has 0 fully saturated rings. The Morgan fingerprint density at radius 2 is 2.08 bits per heavy atom. The van der Waals surface area contributed by atoms with E-state index in [0.717, 1.165) is 12.8 Å². The van der Waals surface area contributed by atoms with Crippen LogP contribution in [-0.2, 0) is 4.79 Å². The molecule has 0 radical (unpaired) electrons. The van der Waals surface area contributed by atoms with Gasteiger partial charge in [0, 0.05) is 12.1 Å². The van der Waals surface area contributed by atoms with Gasteiger partial charge in [-0.15, -0.1) is 0 Å². The van der Waals surface area contributed by atoms with Crippen LogP contribution in [0.1, 0.15) is 26.7 Å². The van der Waals surface area contributed by atoms with Crippen LogP contribution in [0.15, 0.2) is 12.2 Å². The quantitative estimate of drug-likeness (QED) is 0.632. The van der Waals surface area contributed by atoms with E-state index in [4.69, 9.17) is 0 Å². The maximum atomic E-state index is 11.3. The molecule has 1 amide bonds. The van der Waals surface area contributed by atoms with Crippen molar-refractivity contribution in [3.8, 4) is 0 Å². The van der Waals surface area contributed by atoms with Crippen molar-refractivity contribution in [1.82, 2.24) is 10.6 Å². The Morgan fingerprint density at radius 3 is 2.62 bits per heavy atom. The summed E-state index contributed by atoms with van der Waals surface area (Å²) in [4.78, 5) is 11.3. The standard InChI is InChI=1S/C10H18N2O/c1-8(2)11-7-10(13)12-9-5-3-4-6-9/h3-4,8-9,11H,5-7H2,1-2H3,(H,12,13). The summed E-state index contributed by atoms with van der Waals surface area (Å²) < 4.78 is 0. The predicted molar refractivity (Wildman–Crippen MR) is 53.4 cm³/mol. The van der Waals surface area contributed by atoms with E-state index in [1.54, 1.807) is 0 Å². The average molecular weight is 182 g/mol. The van der Waals surface area contributed by atoms with Crippen LogP contribution in [0.3, 0.4) is 0 Å². The Kier molecular flexibility index (Phi) is 3.96. The summed E-state index contributed by atoms with van der Waals surface area (Å²) >= 11 is 0. The Hall–Kier alpha value is -0.830. The number of nitrogens with one attached hydrogen (secondary N) is 2. The topological polar surface area (TPSA) is 41.1 Å². The normalized spacial score (nSPS) is 16.8. The van der Waals surface area contributed by atoms with Gasteiger partial charge in [-0.3, -0.25) is 4.79 Å². The molecule has 0 saturated carbocycles. The maximum Gasteiger partial charge on any atom is 0.234 e. The van der Waals surface area contributed by atoms with E-state index in [1.165, 1.54) is 0 Å². The summed E-state index contributed by atoms with van der Waals surface area (Å²) in [5, 5.41) is 6.06. The van der Waals surface area contributed by atoms with Gasteiger partial charge in [-0.05, 0) is 12.8 Å². The highest BCUT2D eigenvalue weighted by Gasteiger charge is 2.12. The van der Waals surface area contributed by atoms with Crippen molar-refractivity contribution in [3.05, 3.63) is 12.2 Å². The number of carbonyl (C=O) groups is 1. The van der Waals surface area contributed by atoms with Gasteiger partial charge in [0.1, 0.15) is 0 Å². The van der Waals surface area contributed by atoms with Crippen LogP contribution in [-0.4, -0.2) is 24.5 Å². The van der Waals surface area contributed by atoms with Gasteiger partial charge < -0.3 is 10.6 Å². The second kappa shape index (κ2) is 5.02. The first-order chi connectivity index (χ1) is 6.18. The summed E-state index contributed by atoms with van der Waals surface area (Å²) in [6.45, 7) is 4.49. The van der Waals surface area contributed by atoms with Crippen LogP contribution in [0.4, 0.5) is 0 Å². The SMILES string of the molecule is CC(C)NCC(=O)NC1CC=CC1. The molecule has 1 aliphatic carbocycles. The molecule has 0 saturated heterocycles. The van der Waals surface area contributed by atoms with Crippen molar-refractivity contribution in [1.29, 1.82) is 0 Å². The van der Waals surface area contributed by atoms with Gasteiger partial charge in [0.05, 0.1) is 6.54 Å². The number of hydrogen-bond donors (Lipinski definition) is 2. The van der Waals surface area contributed by atoms with Gasteiger partial charge >= 0.3 is 0 Å². The molecule has 1 rings (SSSR count). The minimum Gasteiger partial charge on any atom is -0.352 e. The lowest BCUT2D eigenvalue weighted by molar-refractivity contribution is -0.120. The first kappa shape index (κ1) is 10.3. The van der Waals surface area contributed by atoms with Crippen LogP contribution >= 0.6 is 0 Å². The van der Waals surface area contributed by atoms with E-state index in [1.807, 2.05) is 13.8 Å². The smallest absolute Gasteiger partial charge is 0.234 e. The van der Waals surface area contributed by atoms with Gasteiger partial charge in [0.25, 0.3) is 0 Å². The molecule has 3 heteroatoms. The first-order valence-corrected chi connectivity index (χ1v) is 4.86. The third-order valence-electron chi connectivity index (χ3n) is 2.04. The summed E-state index contributed by atoms with van der Waals surface area (Å²) in [6.07, 6.45) is 6.18. The highest BCUT2D eigenvalue weighted by molar-refractivity contribution is 5.78. The molecule has 0 aromatic carbocycles. The number of carbonyl (C=O) groups excluding carboxylic acids is 1. The lowest BCUT2D eigenvalue weighted by Gasteiger charge is -2.13. The first-order valence-electron chi connectivity index (χ1n) is 4.86. The van der Waals surface area contributed by atoms with Gasteiger partial charge in [0.15, 0.2) is 0 Å². The number of rotatable bonds is 4. The van der Waals surface area contributed by atoms with Gasteiger partial charge in [-0.1, -0.05) is 26.0 Å².